The quantitative estimate of drug-likeness (QED) is 0.716. The highest BCUT2D eigenvalue weighted by Crippen LogP contribution is 2.36. The average Bonchev–Trinajstić information content (AvgIpc) is 3.08. The number of carbonyl (C=O) groups excluding carboxylic acids is 1. The standard InChI is InChI=1S/C11H11N3O2/c1-16-11(15)9-4-10-7(5-12-9)6-13-14(10)8-2-3-8/h4-6,8H,2-3H2,1H3. The second-order valence-corrected chi connectivity index (χ2v) is 3.94. The van der Waals surface area contributed by atoms with Gasteiger partial charge in [-0.05, 0) is 18.9 Å². The number of rotatable bonds is 2. The van der Waals surface area contributed by atoms with Gasteiger partial charge in [0.2, 0.25) is 0 Å². The van der Waals surface area contributed by atoms with Crippen LogP contribution in [0.3, 0.4) is 0 Å². The van der Waals surface area contributed by atoms with Crippen molar-refractivity contribution in [2.75, 3.05) is 7.11 Å². The van der Waals surface area contributed by atoms with E-state index in [1.807, 2.05) is 4.68 Å². The number of aromatic nitrogens is 3. The Kier molecular flexibility index (Phi) is 1.92. The van der Waals surface area contributed by atoms with Crippen molar-refractivity contribution >= 4 is 16.9 Å². The monoisotopic (exact) mass is 217 g/mol. The molecule has 0 aliphatic heterocycles. The summed E-state index contributed by atoms with van der Waals surface area (Å²) >= 11 is 0. The van der Waals surface area contributed by atoms with Gasteiger partial charge in [0.1, 0.15) is 0 Å². The third kappa shape index (κ3) is 1.36. The van der Waals surface area contributed by atoms with Crippen LogP contribution in [0.5, 0.6) is 0 Å². The number of esters is 1. The van der Waals surface area contributed by atoms with Gasteiger partial charge in [0.05, 0.1) is 24.9 Å². The number of hydrogen-bond acceptors (Lipinski definition) is 4. The van der Waals surface area contributed by atoms with Crippen LogP contribution in [0.4, 0.5) is 0 Å². The Morgan fingerprint density at radius 2 is 2.31 bits per heavy atom. The van der Waals surface area contributed by atoms with Crippen molar-refractivity contribution in [1.29, 1.82) is 0 Å². The number of nitrogens with zero attached hydrogens (tertiary/aromatic N) is 3. The Balaban J connectivity index is 2.13. The molecule has 0 unspecified atom stereocenters. The Bertz CT molecular complexity index is 557. The van der Waals surface area contributed by atoms with Crippen molar-refractivity contribution in [2.24, 2.45) is 0 Å². The normalized spacial score (nSPS) is 15.3. The van der Waals surface area contributed by atoms with E-state index < -0.39 is 5.97 Å². The minimum absolute atomic E-state index is 0.331. The Morgan fingerprint density at radius 3 is 3.00 bits per heavy atom. The highest BCUT2D eigenvalue weighted by molar-refractivity contribution is 5.91. The minimum atomic E-state index is -0.412. The molecule has 1 saturated carbocycles. The maximum Gasteiger partial charge on any atom is 0.356 e. The SMILES string of the molecule is COC(=O)c1cc2c(cn1)cnn2C1CC1. The highest BCUT2D eigenvalue weighted by Gasteiger charge is 2.26. The van der Waals surface area contributed by atoms with Crippen molar-refractivity contribution in [2.45, 2.75) is 18.9 Å². The van der Waals surface area contributed by atoms with Gasteiger partial charge in [0, 0.05) is 11.6 Å². The molecular weight excluding hydrogens is 206 g/mol. The predicted octanol–water partition coefficient (Wildman–Crippen LogP) is 1.55. The smallest absolute Gasteiger partial charge is 0.356 e. The summed E-state index contributed by atoms with van der Waals surface area (Å²) in [6, 6.07) is 2.23. The summed E-state index contributed by atoms with van der Waals surface area (Å²) in [5, 5.41) is 5.27. The predicted molar refractivity (Wildman–Crippen MR) is 57.1 cm³/mol. The molecule has 5 heteroatoms. The molecule has 5 nitrogen and oxygen atoms in total. The maximum absolute atomic E-state index is 11.4. The number of hydrogen-bond donors (Lipinski definition) is 0. The average molecular weight is 217 g/mol. The molecule has 0 bridgehead atoms. The summed E-state index contributed by atoms with van der Waals surface area (Å²) in [4.78, 5) is 15.4. The van der Waals surface area contributed by atoms with Crippen LogP contribution in [0.25, 0.3) is 10.9 Å². The molecule has 82 valence electrons. The molecule has 1 fully saturated rings. The van der Waals surface area contributed by atoms with Gasteiger partial charge >= 0.3 is 5.97 Å². The molecule has 2 heterocycles. The zero-order valence-corrected chi connectivity index (χ0v) is 8.88. The molecule has 0 spiro atoms. The van der Waals surface area contributed by atoms with Gasteiger partial charge < -0.3 is 4.74 Å². The van der Waals surface area contributed by atoms with Crippen LogP contribution in [0, 0.1) is 0 Å². The molecule has 0 atom stereocenters. The van der Waals surface area contributed by atoms with Crippen LogP contribution in [0.2, 0.25) is 0 Å². The second kappa shape index (κ2) is 3.30. The Morgan fingerprint density at radius 1 is 1.50 bits per heavy atom. The molecule has 0 aromatic carbocycles. The van der Waals surface area contributed by atoms with Crippen LogP contribution < -0.4 is 0 Å². The van der Waals surface area contributed by atoms with Crippen molar-refractivity contribution in [3.8, 4) is 0 Å². The van der Waals surface area contributed by atoms with E-state index in [4.69, 9.17) is 0 Å². The molecule has 0 N–H and O–H groups in total. The molecular formula is C11H11N3O2. The summed E-state index contributed by atoms with van der Waals surface area (Å²) in [5.41, 5.74) is 1.29. The van der Waals surface area contributed by atoms with Crippen molar-refractivity contribution < 1.29 is 9.53 Å². The van der Waals surface area contributed by atoms with Crippen molar-refractivity contribution in [3.05, 3.63) is 24.2 Å². The third-order valence-corrected chi connectivity index (χ3v) is 2.77. The zero-order chi connectivity index (χ0) is 11.1. The van der Waals surface area contributed by atoms with Gasteiger partial charge in [-0.25, -0.2) is 9.78 Å². The van der Waals surface area contributed by atoms with E-state index >= 15 is 0 Å². The topological polar surface area (TPSA) is 57.0 Å². The fraction of sp³-hybridized carbons (Fsp3) is 0.364. The molecule has 3 rings (SSSR count). The molecule has 2 aromatic heterocycles. The minimum Gasteiger partial charge on any atom is -0.464 e. The summed E-state index contributed by atoms with van der Waals surface area (Å²) < 4.78 is 6.61. The largest absolute Gasteiger partial charge is 0.464 e. The van der Waals surface area contributed by atoms with Gasteiger partial charge in [-0.15, -0.1) is 0 Å². The molecule has 1 aliphatic carbocycles. The fourth-order valence-corrected chi connectivity index (χ4v) is 1.77. The van der Waals surface area contributed by atoms with Crippen LogP contribution in [-0.4, -0.2) is 27.8 Å². The van der Waals surface area contributed by atoms with Crippen LogP contribution in [-0.2, 0) is 4.74 Å². The van der Waals surface area contributed by atoms with Crippen molar-refractivity contribution in [3.63, 3.8) is 0 Å². The highest BCUT2D eigenvalue weighted by atomic mass is 16.5. The molecule has 0 amide bonds. The van der Waals surface area contributed by atoms with Gasteiger partial charge in [0.15, 0.2) is 5.69 Å². The first-order chi connectivity index (χ1) is 7.79. The number of pyridine rings is 1. The fourth-order valence-electron chi connectivity index (χ4n) is 1.77. The lowest BCUT2D eigenvalue weighted by atomic mass is 10.3. The lowest BCUT2D eigenvalue weighted by Crippen LogP contribution is -2.04. The number of ether oxygens (including phenoxy) is 1. The molecule has 16 heavy (non-hydrogen) atoms. The summed E-state index contributed by atoms with van der Waals surface area (Å²) in [7, 11) is 1.35. The lowest BCUT2D eigenvalue weighted by Gasteiger charge is -2.01. The lowest BCUT2D eigenvalue weighted by molar-refractivity contribution is 0.0594. The van der Waals surface area contributed by atoms with E-state index in [0.717, 1.165) is 23.7 Å². The first kappa shape index (κ1) is 9.33. The number of carbonyl (C=O) groups is 1. The van der Waals surface area contributed by atoms with E-state index in [0.29, 0.717) is 11.7 Å². The Labute approximate surface area is 92.0 Å². The maximum atomic E-state index is 11.4. The van der Waals surface area contributed by atoms with Crippen LogP contribution in [0.15, 0.2) is 18.5 Å². The summed E-state index contributed by atoms with van der Waals surface area (Å²) in [6.45, 7) is 0. The van der Waals surface area contributed by atoms with E-state index in [1.54, 1.807) is 18.5 Å². The molecule has 1 aliphatic rings. The molecule has 0 saturated heterocycles. The number of methoxy groups -OCH3 is 1. The zero-order valence-electron chi connectivity index (χ0n) is 8.88. The van der Waals surface area contributed by atoms with Gasteiger partial charge in [-0.3, -0.25) is 4.68 Å². The summed E-state index contributed by atoms with van der Waals surface area (Å²) in [5.74, 6) is -0.412. The first-order valence-electron chi connectivity index (χ1n) is 5.21. The van der Waals surface area contributed by atoms with Crippen LogP contribution >= 0.6 is 0 Å². The van der Waals surface area contributed by atoms with E-state index in [9.17, 15) is 4.79 Å². The van der Waals surface area contributed by atoms with E-state index in [1.165, 1.54) is 7.11 Å². The van der Waals surface area contributed by atoms with Gasteiger partial charge in [-0.1, -0.05) is 0 Å². The van der Waals surface area contributed by atoms with Crippen molar-refractivity contribution in [1.82, 2.24) is 14.8 Å². The third-order valence-electron chi connectivity index (χ3n) is 2.77. The first-order valence-corrected chi connectivity index (χ1v) is 5.21. The number of fused-ring (bicyclic) bond motifs is 1. The van der Waals surface area contributed by atoms with E-state index in [-0.39, 0.29) is 0 Å². The summed E-state index contributed by atoms with van der Waals surface area (Å²) in [6.07, 6.45) is 5.76. The van der Waals surface area contributed by atoms with E-state index in [2.05, 4.69) is 14.8 Å². The second-order valence-electron chi connectivity index (χ2n) is 3.94. The van der Waals surface area contributed by atoms with Gasteiger partial charge in [-0.2, -0.15) is 5.10 Å². The van der Waals surface area contributed by atoms with Gasteiger partial charge in [0.25, 0.3) is 0 Å². The molecule has 2 aromatic rings. The Hall–Kier alpha value is -1.91. The van der Waals surface area contributed by atoms with Crippen LogP contribution in [0.1, 0.15) is 29.4 Å². The molecule has 0 radical (unpaired) electrons.